The number of allylic oxidation sites excluding steroid dienone is 8. The van der Waals surface area contributed by atoms with Crippen LogP contribution in [0.4, 0.5) is 0 Å². The Morgan fingerprint density at radius 1 is 0.318 bits per heavy atom. The van der Waals surface area contributed by atoms with Crippen LogP contribution >= 0.6 is 0 Å². The molecule has 0 saturated carbocycles. The Bertz CT molecular complexity index is 1150. The summed E-state index contributed by atoms with van der Waals surface area (Å²) in [5.41, 5.74) is 0. The summed E-state index contributed by atoms with van der Waals surface area (Å²) in [5.74, 6) is -0.918. The molecule has 0 aromatic rings. The van der Waals surface area contributed by atoms with E-state index in [-0.39, 0.29) is 37.5 Å². The number of hydrogen-bond acceptors (Lipinski definition) is 6. The number of carbonyl (C=O) groups is 3. The zero-order valence-electron chi connectivity index (χ0n) is 44.0. The van der Waals surface area contributed by atoms with Crippen molar-refractivity contribution < 1.29 is 28.6 Å². The highest BCUT2D eigenvalue weighted by Gasteiger charge is 2.19. The summed E-state index contributed by atoms with van der Waals surface area (Å²) in [7, 11) is 0. The van der Waals surface area contributed by atoms with E-state index in [1.807, 2.05) is 0 Å². The van der Waals surface area contributed by atoms with E-state index in [0.717, 1.165) is 77.0 Å². The van der Waals surface area contributed by atoms with Crippen LogP contribution in [0.1, 0.15) is 297 Å². The molecule has 6 heteroatoms. The van der Waals surface area contributed by atoms with Crippen molar-refractivity contribution in [1.82, 2.24) is 0 Å². The topological polar surface area (TPSA) is 78.9 Å². The summed E-state index contributed by atoms with van der Waals surface area (Å²) in [4.78, 5) is 38.0. The number of esters is 3. The molecule has 1 unspecified atom stereocenters. The first-order chi connectivity index (χ1) is 32.5. The van der Waals surface area contributed by atoms with Crippen LogP contribution in [0, 0.1) is 0 Å². The lowest BCUT2D eigenvalue weighted by Crippen LogP contribution is -2.30. The molecule has 0 heterocycles. The first-order valence-electron chi connectivity index (χ1n) is 28.6. The smallest absolute Gasteiger partial charge is 0.306 e. The average molecular weight is 926 g/mol. The van der Waals surface area contributed by atoms with Crippen LogP contribution in [0.3, 0.4) is 0 Å². The molecule has 0 spiro atoms. The molecule has 0 aliphatic rings. The molecule has 0 aromatic carbocycles. The highest BCUT2D eigenvalue weighted by molar-refractivity contribution is 5.71. The van der Waals surface area contributed by atoms with Crippen molar-refractivity contribution in [2.45, 2.75) is 303 Å². The fraction of sp³-hybridized carbons (Fsp3) is 0.817. The summed E-state index contributed by atoms with van der Waals surface area (Å²) in [6, 6.07) is 0. The first-order valence-corrected chi connectivity index (χ1v) is 28.6. The summed E-state index contributed by atoms with van der Waals surface area (Å²) >= 11 is 0. The molecular formula is C60H108O6. The second-order valence-electron chi connectivity index (χ2n) is 19.2. The number of carbonyl (C=O) groups excluding carboxylic acids is 3. The van der Waals surface area contributed by atoms with E-state index in [9.17, 15) is 14.4 Å². The summed E-state index contributed by atoms with van der Waals surface area (Å²) in [6.45, 7) is 6.50. The lowest BCUT2D eigenvalue weighted by molar-refractivity contribution is -0.167. The molecule has 66 heavy (non-hydrogen) atoms. The van der Waals surface area contributed by atoms with Gasteiger partial charge >= 0.3 is 17.9 Å². The summed E-state index contributed by atoms with van der Waals surface area (Å²) in [5, 5.41) is 0. The Hall–Kier alpha value is -2.63. The minimum Gasteiger partial charge on any atom is -0.462 e. The fourth-order valence-corrected chi connectivity index (χ4v) is 8.32. The maximum absolute atomic E-state index is 12.8. The largest absolute Gasteiger partial charge is 0.462 e. The standard InChI is InChI=1S/C60H108O6/c1-4-7-10-13-16-19-21-23-25-26-27-28-29-30-31-32-33-35-36-38-41-44-47-50-53-59(62)65-56-57(55-64-58(61)52-49-46-43-40-18-15-12-9-6-3)66-60(63)54-51-48-45-42-39-37-34-24-22-20-17-14-11-8-5-2/h8,11,17,20,24,34,39,42,57H,4-7,9-10,12-16,18-19,21-23,25-33,35-38,40-41,43-56H2,1-3H3/b11-8-,20-17-,34-24-,42-39-. The van der Waals surface area contributed by atoms with Crippen LogP contribution in [0.25, 0.3) is 0 Å². The highest BCUT2D eigenvalue weighted by atomic mass is 16.6. The van der Waals surface area contributed by atoms with Crippen LogP contribution < -0.4 is 0 Å². The Morgan fingerprint density at radius 3 is 0.924 bits per heavy atom. The quantitative estimate of drug-likeness (QED) is 0.0262. The van der Waals surface area contributed by atoms with Gasteiger partial charge in [0.2, 0.25) is 0 Å². The lowest BCUT2D eigenvalue weighted by Gasteiger charge is -2.18. The minimum absolute atomic E-state index is 0.0861. The van der Waals surface area contributed by atoms with Crippen molar-refractivity contribution in [1.29, 1.82) is 0 Å². The monoisotopic (exact) mass is 925 g/mol. The fourth-order valence-electron chi connectivity index (χ4n) is 8.32. The van der Waals surface area contributed by atoms with Gasteiger partial charge in [-0.05, 0) is 57.8 Å². The first kappa shape index (κ1) is 63.4. The van der Waals surface area contributed by atoms with E-state index in [4.69, 9.17) is 14.2 Å². The van der Waals surface area contributed by atoms with Crippen LogP contribution in [0.15, 0.2) is 48.6 Å². The van der Waals surface area contributed by atoms with Gasteiger partial charge in [-0.15, -0.1) is 0 Å². The van der Waals surface area contributed by atoms with Crippen molar-refractivity contribution in [3.8, 4) is 0 Å². The molecule has 384 valence electrons. The predicted molar refractivity (Wildman–Crippen MR) is 284 cm³/mol. The zero-order valence-corrected chi connectivity index (χ0v) is 44.0. The van der Waals surface area contributed by atoms with Crippen molar-refractivity contribution >= 4 is 17.9 Å². The zero-order chi connectivity index (χ0) is 47.9. The number of ether oxygens (including phenoxy) is 3. The predicted octanol–water partition coefficient (Wildman–Crippen LogP) is 19.0. The SMILES string of the molecule is CC/C=C\C/C=C\C/C=C\C/C=C\CCCCC(=O)OC(COC(=O)CCCCCCCCCCC)COC(=O)CCCCCCCCCCCCCCCCCCCCCCCCCC. The number of rotatable bonds is 52. The van der Waals surface area contributed by atoms with Crippen molar-refractivity contribution in [3.63, 3.8) is 0 Å². The maximum atomic E-state index is 12.8. The Kier molecular flexibility index (Phi) is 52.8. The average Bonchev–Trinajstić information content (AvgIpc) is 3.31. The van der Waals surface area contributed by atoms with Gasteiger partial charge in [0.05, 0.1) is 0 Å². The molecule has 0 fully saturated rings. The highest BCUT2D eigenvalue weighted by Crippen LogP contribution is 2.17. The Balaban J connectivity index is 4.21. The van der Waals surface area contributed by atoms with Gasteiger partial charge in [-0.25, -0.2) is 0 Å². The summed E-state index contributed by atoms with van der Waals surface area (Å²) in [6.07, 6.45) is 67.0. The Morgan fingerprint density at radius 2 is 0.591 bits per heavy atom. The maximum Gasteiger partial charge on any atom is 0.306 e. The van der Waals surface area contributed by atoms with Gasteiger partial charge in [0.25, 0.3) is 0 Å². The number of hydrogen-bond donors (Lipinski definition) is 0. The molecule has 0 aromatic heterocycles. The molecule has 0 rings (SSSR count). The van der Waals surface area contributed by atoms with Crippen molar-refractivity contribution in [2.75, 3.05) is 13.2 Å². The van der Waals surface area contributed by atoms with Gasteiger partial charge in [-0.3, -0.25) is 14.4 Å². The van der Waals surface area contributed by atoms with Gasteiger partial charge < -0.3 is 14.2 Å². The van der Waals surface area contributed by atoms with E-state index < -0.39 is 6.10 Å². The Labute approximate surface area is 409 Å². The van der Waals surface area contributed by atoms with E-state index in [1.165, 1.54) is 173 Å². The molecular weight excluding hydrogens is 817 g/mol. The van der Waals surface area contributed by atoms with E-state index >= 15 is 0 Å². The van der Waals surface area contributed by atoms with Crippen molar-refractivity contribution in [2.24, 2.45) is 0 Å². The van der Waals surface area contributed by atoms with Crippen LogP contribution in [0.5, 0.6) is 0 Å². The molecule has 0 amide bonds. The molecule has 1 atom stereocenters. The molecule has 0 radical (unpaired) electrons. The molecule has 0 aliphatic heterocycles. The van der Waals surface area contributed by atoms with E-state index in [0.29, 0.717) is 19.3 Å². The van der Waals surface area contributed by atoms with Crippen molar-refractivity contribution in [3.05, 3.63) is 48.6 Å². The molecule has 0 aliphatic carbocycles. The van der Waals surface area contributed by atoms with Crippen LogP contribution in [-0.4, -0.2) is 37.2 Å². The van der Waals surface area contributed by atoms with Gasteiger partial charge in [-0.2, -0.15) is 0 Å². The summed E-state index contributed by atoms with van der Waals surface area (Å²) < 4.78 is 16.8. The lowest BCUT2D eigenvalue weighted by atomic mass is 10.0. The van der Waals surface area contributed by atoms with Crippen LogP contribution in [0.2, 0.25) is 0 Å². The second-order valence-corrected chi connectivity index (χ2v) is 19.2. The van der Waals surface area contributed by atoms with Crippen LogP contribution in [-0.2, 0) is 28.6 Å². The minimum atomic E-state index is -0.790. The van der Waals surface area contributed by atoms with Gasteiger partial charge in [-0.1, -0.05) is 268 Å². The van der Waals surface area contributed by atoms with E-state index in [2.05, 4.69) is 69.4 Å². The molecule has 0 saturated heterocycles. The molecule has 6 nitrogen and oxygen atoms in total. The second kappa shape index (κ2) is 55.0. The van der Waals surface area contributed by atoms with Gasteiger partial charge in [0.1, 0.15) is 13.2 Å². The normalized spacial score (nSPS) is 12.3. The third kappa shape index (κ3) is 52.3. The third-order valence-electron chi connectivity index (χ3n) is 12.6. The van der Waals surface area contributed by atoms with Gasteiger partial charge in [0, 0.05) is 19.3 Å². The number of unbranched alkanes of at least 4 members (excludes halogenated alkanes) is 33. The van der Waals surface area contributed by atoms with Gasteiger partial charge in [0.15, 0.2) is 6.10 Å². The van der Waals surface area contributed by atoms with E-state index in [1.54, 1.807) is 0 Å². The molecule has 0 bridgehead atoms. The third-order valence-corrected chi connectivity index (χ3v) is 12.6. The molecule has 0 N–H and O–H groups in total.